The zero-order valence-electron chi connectivity index (χ0n) is 12.3. The summed E-state index contributed by atoms with van der Waals surface area (Å²) in [5, 5.41) is 9.87. The molecule has 21 heavy (non-hydrogen) atoms. The summed E-state index contributed by atoms with van der Waals surface area (Å²) in [7, 11) is -3.55. The van der Waals surface area contributed by atoms with Crippen molar-refractivity contribution in [2.75, 3.05) is 13.1 Å². The smallest absolute Gasteiger partial charge is 0.244 e. The highest BCUT2D eigenvalue weighted by molar-refractivity contribution is 9.10. The number of thioether (sulfide) groups is 1. The van der Waals surface area contributed by atoms with Gasteiger partial charge in [-0.2, -0.15) is 16.1 Å². The minimum Gasteiger partial charge on any atom is -0.392 e. The van der Waals surface area contributed by atoms with E-state index >= 15 is 0 Å². The zero-order valence-corrected chi connectivity index (χ0v) is 15.6. The van der Waals surface area contributed by atoms with Crippen molar-refractivity contribution in [3.63, 3.8) is 0 Å². The third kappa shape index (κ3) is 3.64. The van der Waals surface area contributed by atoms with Gasteiger partial charge < -0.3 is 5.11 Å². The zero-order chi connectivity index (χ0) is 15.8. The highest BCUT2D eigenvalue weighted by Crippen LogP contribution is 2.33. The summed E-state index contributed by atoms with van der Waals surface area (Å²) in [6, 6.07) is 3.35. The second kappa shape index (κ2) is 6.58. The van der Waals surface area contributed by atoms with Gasteiger partial charge in [-0.1, -0.05) is 19.9 Å². The molecule has 4 nitrogen and oxygen atoms in total. The van der Waals surface area contributed by atoms with Gasteiger partial charge in [0.15, 0.2) is 0 Å². The first-order valence-electron chi connectivity index (χ1n) is 6.81. The summed E-state index contributed by atoms with van der Waals surface area (Å²) in [5.74, 6) is 0. The lowest BCUT2D eigenvalue weighted by molar-refractivity contribution is 0.281. The van der Waals surface area contributed by atoms with Crippen molar-refractivity contribution in [3.8, 4) is 0 Å². The molecular formula is C14H20BrNO3S2. The Balaban J connectivity index is 2.46. The molecule has 0 aromatic heterocycles. The highest BCUT2D eigenvalue weighted by Gasteiger charge is 2.33. The third-order valence-electron chi connectivity index (χ3n) is 3.47. The fourth-order valence-electron chi connectivity index (χ4n) is 2.55. The maximum atomic E-state index is 12.9. The van der Waals surface area contributed by atoms with E-state index in [9.17, 15) is 13.5 Å². The van der Waals surface area contributed by atoms with Gasteiger partial charge in [0.2, 0.25) is 10.0 Å². The molecule has 1 aliphatic heterocycles. The van der Waals surface area contributed by atoms with Crippen LogP contribution < -0.4 is 0 Å². The minimum absolute atomic E-state index is 0.167. The summed E-state index contributed by atoms with van der Waals surface area (Å²) in [6.45, 7) is 6.80. The fourth-order valence-corrected chi connectivity index (χ4v) is 6.72. The molecule has 2 unspecified atom stereocenters. The van der Waals surface area contributed by atoms with Gasteiger partial charge in [-0.05, 0) is 40.0 Å². The number of hydrogen-bond donors (Lipinski definition) is 1. The Morgan fingerprint density at radius 2 is 1.90 bits per heavy atom. The summed E-state index contributed by atoms with van der Waals surface area (Å²) >= 11 is 5.20. The van der Waals surface area contributed by atoms with Crippen LogP contribution in [0.15, 0.2) is 21.5 Å². The molecule has 2 atom stereocenters. The van der Waals surface area contributed by atoms with Crippen molar-refractivity contribution in [1.82, 2.24) is 4.31 Å². The van der Waals surface area contributed by atoms with E-state index in [1.54, 1.807) is 16.4 Å². The molecule has 1 aliphatic rings. The number of nitrogens with zero attached hydrogens (tertiary/aromatic N) is 1. The van der Waals surface area contributed by atoms with Gasteiger partial charge in [-0.3, -0.25) is 0 Å². The molecule has 1 aromatic carbocycles. The first kappa shape index (κ1) is 17.3. The van der Waals surface area contributed by atoms with Crippen LogP contribution in [0.2, 0.25) is 0 Å². The molecule has 1 aromatic rings. The maximum absolute atomic E-state index is 12.9. The average molecular weight is 394 g/mol. The number of aryl methyl sites for hydroxylation is 1. The van der Waals surface area contributed by atoms with Crippen molar-refractivity contribution in [3.05, 3.63) is 27.7 Å². The number of benzene rings is 1. The molecule has 118 valence electrons. The van der Waals surface area contributed by atoms with E-state index in [4.69, 9.17) is 0 Å². The summed E-state index contributed by atoms with van der Waals surface area (Å²) in [5.41, 5.74) is 1.43. The average Bonchev–Trinajstić information content (AvgIpc) is 2.40. The number of halogens is 1. The number of aliphatic hydroxyl groups is 1. The third-order valence-corrected chi connectivity index (χ3v) is 7.87. The van der Waals surface area contributed by atoms with E-state index in [1.807, 2.05) is 32.5 Å². The van der Waals surface area contributed by atoms with Crippen LogP contribution in [0.3, 0.4) is 0 Å². The van der Waals surface area contributed by atoms with Gasteiger partial charge in [-0.25, -0.2) is 8.42 Å². The topological polar surface area (TPSA) is 57.6 Å². The van der Waals surface area contributed by atoms with Crippen molar-refractivity contribution in [1.29, 1.82) is 0 Å². The molecule has 1 heterocycles. The van der Waals surface area contributed by atoms with E-state index < -0.39 is 10.0 Å². The fraction of sp³-hybridized carbons (Fsp3) is 0.571. The van der Waals surface area contributed by atoms with E-state index in [0.29, 0.717) is 23.1 Å². The molecule has 0 radical (unpaired) electrons. The summed E-state index contributed by atoms with van der Waals surface area (Å²) < 4.78 is 28.0. The van der Waals surface area contributed by atoms with Crippen molar-refractivity contribution < 1.29 is 13.5 Å². The van der Waals surface area contributed by atoms with E-state index in [-0.39, 0.29) is 22.0 Å². The van der Waals surface area contributed by atoms with Crippen molar-refractivity contribution >= 4 is 37.7 Å². The first-order chi connectivity index (χ1) is 9.75. The second-order valence-corrected chi connectivity index (χ2v) is 10.0. The molecule has 0 saturated carbocycles. The van der Waals surface area contributed by atoms with Crippen LogP contribution in [0.25, 0.3) is 0 Å². The molecule has 0 bridgehead atoms. The first-order valence-corrected chi connectivity index (χ1v) is 9.98. The Labute approximate surface area is 139 Å². The molecular weight excluding hydrogens is 374 g/mol. The van der Waals surface area contributed by atoms with Crippen molar-refractivity contribution in [2.45, 2.75) is 42.8 Å². The Morgan fingerprint density at radius 3 is 2.43 bits per heavy atom. The van der Waals surface area contributed by atoms with Gasteiger partial charge >= 0.3 is 0 Å². The Kier molecular flexibility index (Phi) is 5.41. The van der Waals surface area contributed by atoms with E-state index in [0.717, 1.165) is 5.56 Å². The Bertz CT molecular complexity index is 623. The van der Waals surface area contributed by atoms with Crippen LogP contribution in [0.4, 0.5) is 0 Å². The van der Waals surface area contributed by atoms with Gasteiger partial charge in [-0.15, -0.1) is 0 Å². The maximum Gasteiger partial charge on any atom is 0.244 e. The van der Waals surface area contributed by atoms with Crippen LogP contribution >= 0.6 is 27.7 Å². The monoisotopic (exact) mass is 393 g/mol. The summed E-state index contributed by atoms with van der Waals surface area (Å²) in [6.07, 6.45) is 0. The van der Waals surface area contributed by atoms with Crippen LogP contribution in [0.5, 0.6) is 0 Å². The lowest BCUT2D eigenvalue weighted by atomic mass is 10.1. The Morgan fingerprint density at radius 1 is 1.33 bits per heavy atom. The SMILES string of the molecule is Cc1cc(CO)cc(S(=O)(=O)N2CC(C)SC(C)C2)c1Br. The predicted molar refractivity (Wildman–Crippen MR) is 90.1 cm³/mol. The standard InChI is InChI=1S/C14H20BrNO3S2/c1-9-4-12(8-17)5-13(14(9)15)21(18,19)16-6-10(2)20-11(3)7-16/h4-5,10-11,17H,6-8H2,1-3H3. The lowest BCUT2D eigenvalue weighted by Gasteiger charge is -2.34. The van der Waals surface area contributed by atoms with Gasteiger partial charge in [0.25, 0.3) is 0 Å². The molecule has 2 rings (SSSR count). The molecule has 1 N–H and O–H groups in total. The van der Waals surface area contributed by atoms with E-state index in [2.05, 4.69) is 15.9 Å². The molecule has 7 heteroatoms. The number of hydrogen-bond acceptors (Lipinski definition) is 4. The van der Waals surface area contributed by atoms with Crippen molar-refractivity contribution in [2.24, 2.45) is 0 Å². The van der Waals surface area contributed by atoms with Gasteiger partial charge in [0.05, 0.1) is 11.5 Å². The molecule has 1 fully saturated rings. The van der Waals surface area contributed by atoms with E-state index in [1.165, 1.54) is 0 Å². The predicted octanol–water partition coefficient (Wildman–Crippen LogP) is 2.76. The van der Waals surface area contributed by atoms with Gasteiger partial charge in [0.1, 0.15) is 0 Å². The quantitative estimate of drug-likeness (QED) is 0.857. The summed E-state index contributed by atoms with van der Waals surface area (Å²) in [4.78, 5) is 0.248. The number of sulfonamides is 1. The molecule has 0 amide bonds. The number of aliphatic hydroxyl groups excluding tert-OH is 1. The number of rotatable bonds is 3. The van der Waals surface area contributed by atoms with Crippen LogP contribution in [-0.4, -0.2) is 41.4 Å². The van der Waals surface area contributed by atoms with Gasteiger partial charge in [0, 0.05) is 28.1 Å². The molecule has 0 aliphatic carbocycles. The minimum atomic E-state index is -3.55. The van der Waals surface area contributed by atoms with Crippen LogP contribution in [0.1, 0.15) is 25.0 Å². The highest BCUT2D eigenvalue weighted by atomic mass is 79.9. The van der Waals surface area contributed by atoms with Crippen LogP contribution in [0, 0.1) is 6.92 Å². The molecule has 0 spiro atoms. The normalized spacial score (nSPS) is 24.2. The largest absolute Gasteiger partial charge is 0.392 e. The second-order valence-electron chi connectivity index (χ2n) is 5.46. The molecule has 1 saturated heterocycles. The van der Waals surface area contributed by atoms with Crippen LogP contribution in [-0.2, 0) is 16.6 Å². The lowest BCUT2D eigenvalue weighted by Crippen LogP contribution is -2.44. The Hall–Kier alpha value is -0.0800.